The Morgan fingerprint density at radius 3 is 2.55 bits per heavy atom. The highest BCUT2D eigenvalue weighted by atomic mass is 16.2. The zero-order chi connectivity index (χ0) is 15.2. The number of benzene rings is 1. The molecular formula is C17H19N3O2. The Balaban J connectivity index is 1.88. The molecule has 1 saturated carbocycles. The lowest BCUT2D eigenvalue weighted by Gasteiger charge is -2.40. The van der Waals surface area contributed by atoms with Gasteiger partial charge in [0, 0.05) is 22.5 Å². The Hall–Kier alpha value is -2.30. The van der Waals surface area contributed by atoms with Crippen LogP contribution in [0.4, 0.5) is 4.79 Å². The van der Waals surface area contributed by atoms with Crippen LogP contribution in [0.3, 0.4) is 0 Å². The van der Waals surface area contributed by atoms with Crippen LogP contribution in [0.1, 0.15) is 37.7 Å². The normalized spacial score (nSPS) is 24.3. The van der Waals surface area contributed by atoms with Crippen LogP contribution in [0.25, 0.3) is 10.9 Å². The van der Waals surface area contributed by atoms with Gasteiger partial charge in [-0.1, -0.05) is 37.5 Å². The molecule has 0 bridgehead atoms. The molecule has 4 rings (SSSR count). The summed E-state index contributed by atoms with van der Waals surface area (Å²) in [6, 6.07) is 7.30. The Kier molecular flexibility index (Phi) is 2.96. The summed E-state index contributed by atoms with van der Waals surface area (Å²) in [4.78, 5) is 27.3. The smallest absolute Gasteiger partial charge is 0.322 e. The minimum absolute atomic E-state index is 0.197. The third kappa shape index (κ3) is 1.85. The van der Waals surface area contributed by atoms with Crippen molar-refractivity contribution in [2.75, 3.05) is 0 Å². The zero-order valence-corrected chi connectivity index (χ0v) is 12.3. The van der Waals surface area contributed by atoms with E-state index in [1.807, 2.05) is 24.4 Å². The fourth-order valence-electron chi connectivity index (χ4n) is 4.19. The standard InChI is InChI=1S/C17H19N3O2/c21-15-14(19-16(22)20-15)17(8-4-1-5-9-17)12-10-18-13-7-3-2-6-11(12)13/h2-3,6-7,10,14,18H,1,4-5,8-9H2,(H2,19,20,21,22). The molecule has 114 valence electrons. The van der Waals surface area contributed by atoms with Crippen LogP contribution >= 0.6 is 0 Å². The van der Waals surface area contributed by atoms with Gasteiger partial charge in [0.25, 0.3) is 5.91 Å². The lowest BCUT2D eigenvalue weighted by Crippen LogP contribution is -2.50. The van der Waals surface area contributed by atoms with Crippen molar-refractivity contribution in [2.24, 2.45) is 0 Å². The van der Waals surface area contributed by atoms with Gasteiger partial charge in [-0.3, -0.25) is 10.1 Å². The molecule has 1 aliphatic heterocycles. The van der Waals surface area contributed by atoms with E-state index >= 15 is 0 Å². The number of carbonyl (C=O) groups excluding carboxylic acids is 2. The number of hydrogen-bond acceptors (Lipinski definition) is 2. The molecule has 1 aromatic carbocycles. The van der Waals surface area contributed by atoms with Gasteiger partial charge in [-0.05, 0) is 24.5 Å². The number of aromatic nitrogens is 1. The number of aromatic amines is 1. The van der Waals surface area contributed by atoms with Gasteiger partial charge in [-0.2, -0.15) is 0 Å². The van der Waals surface area contributed by atoms with Gasteiger partial charge in [0.2, 0.25) is 0 Å². The fourth-order valence-corrected chi connectivity index (χ4v) is 4.19. The van der Waals surface area contributed by atoms with Gasteiger partial charge in [0.1, 0.15) is 6.04 Å². The number of carbonyl (C=O) groups is 2. The number of para-hydroxylation sites is 1. The van der Waals surface area contributed by atoms with Crippen molar-refractivity contribution in [1.29, 1.82) is 0 Å². The SMILES string of the molecule is O=C1NC(=O)C(C2(c3c[nH]c4ccccc34)CCCCC2)N1. The number of rotatable bonds is 2. The van der Waals surface area contributed by atoms with Gasteiger partial charge < -0.3 is 10.3 Å². The molecule has 2 fully saturated rings. The van der Waals surface area contributed by atoms with Crippen molar-refractivity contribution in [3.05, 3.63) is 36.0 Å². The van der Waals surface area contributed by atoms with Crippen molar-refractivity contribution in [3.63, 3.8) is 0 Å². The van der Waals surface area contributed by atoms with E-state index in [1.54, 1.807) is 0 Å². The van der Waals surface area contributed by atoms with Gasteiger partial charge in [0.15, 0.2) is 0 Å². The summed E-state index contributed by atoms with van der Waals surface area (Å²) in [7, 11) is 0. The molecule has 2 heterocycles. The van der Waals surface area contributed by atoms with Crippen molar-refractivity contribution >= 4 is 22.8 Å². The summed E-state index contributed by atoms with van der Waals surface area (Å²) >= 11 is 0. The molecule has 0 spiro atoms. The second-order valence-corrected chi connectivity index (χ2v) is 6.36. The quantitative estimate of drug-likeness (QED) is 0.745. The van der Waals surface area contributed by atoms with E-state index in [4.69, 9.17) is 0 Å². The molecular weight excluding hydrogens is 278 g/mol. The molecule has 5 heteroatoms. The maximum Gasteiger partial charge on any atom is 0.322 e. The number of hydrogen-bond donors (Lipinski definition) is 3. The lowest BCUT2D eigenvalue weighted by molar-refractivity contribution is -0.122. The van der Waals surface area contributed by atoms with Crippen LogP contribution in [0.5, 0.6) is 0 Å². The van der Waals surface area contributed by atoms with Crippen molar-refractivity contribution in [3.8, 4) is 0 Å². The van der Waals surface area contributed by atoms with E-state index in [2.05, 4.69) is 21.7 Å². The van der Waals surface area contributed by atoms with E-state index in [0.717, 1.165) is 42.1 Å². The van der Waals surface area contributed by atoms with Gasteiger partial charge in [-0.25, -0.2) is 4.79 Å². The molecule has 22 heavy (non-hydrogen) atoms. The first-order valence-corrected chi connectivity index (χ1v) is 7.89. The lowest BCUT2D eigenvalue weighted by atomic mass is 9.64. The van der Waals surface area contributed by atoms with Crippen LogP contribution in [-0.4, -0.2) is 23.0 Å². The van der Waals surface area contributed by atoms with Crippen LogP contribution in [0.2, 0.25) is 0 Å². The number of amides is 3. The third-order valence-electron chi connectivity index (χ3n) is 5.20. The second kappa shape index (κ2) is 4.87. The monoisotopic (exact) mass is 297 g/mol. The number of H-pyrrole nitrogens is 1. The molecule has 0 radical (unpaired) electrons. The maximum absolute atomic E-state index is 12.3. The number of urea groups is 1. The molecule has 2 aromatic rings. The summed E-state index contributed by atoms with van der Waals surface area (Å²) in [5.74, 6) is -0.197. The molecule has 1 aliphatic carbocycles. The molecule has 2 aliphatic rings. The Labute approximate surface area is 128 Å². The molecule has 1 unspecified atom stereocenters. The van der Waals surface area contributed by atoms with Crippen molar-refractivity contribution in [1.82, 2.24) is 15.6 Å². The minimum Gasteiger partial charge on any atom is -0.361 e. The summed E-state index contributed by atoms with van der Waals surface area (Å²) < 4.78 is 0. The highest BCUT2D eigenvalue weighted by Gasteiger charge is 2.49. The first-order valence-electron chi connectivity index (χ1n) is 7.89. The average molecular weight is 297 g/mol. The number of fused-ring (bicyclic) bond motifs is 1. The third-order valence-corrected chi connectivity index (χ3v) is 5.20. The summed E-state index contributed by atoms with van der Waals surface area (Å²) in [5, 5.41) is 6.40. The largest absolute Gasteiger partial charge is 0.361 e. The molecule has 3 amide bonds. The number of nitrogens with one attached hydrogen (secondary N) is 3. The average Bonchev–Trinajstić information content (AvgIpc) is 3.11. The van der Waals surface area contributed by atoms with Crippen LogP contribution in [0.15, 0.2) is 30.5 Å². The Morgan fingerprint density at radius 1 is 1.05 bits per heavy atom. The molecule has 5 nitrogen and oxygen atoms in total. The van der Waals surface area contributed by atoms with Crippen molar-refractivity contribution in [2.45, 2.75) is 43.6 Å². The molecule has 1 saturated heterocycles. The highest BCUT2D eigenvalue weighted by Crippen LogP contribution is 2.45. The van der Waals surface area contributed by atoms with Crippen LogP contribution < -0.4 is 10.6 Å². The zero-order valence-electron chi connectivity index (χ0n) is 12.3. The predicted molar refractivity (Wildman–Crippen MR) is 83.5 cm³/mol. The summed E-state index contributed by atoms with van der Waals surface area (Å²) in [6.07, 6.45) is 7.22. The molecule has 3 N–H and O–H groups in total. The predicted octanol–water partition coefficient (Wildman–Crippen LogP) is 2.58. The van der Waals surface area contributed by atoms with E-state index in [9.17, 15) is 9.59 Å². The number of imide groups is 1. The maximum atomic E-state index is 12.3. The van der Waals surface area contributed by atoms with Gasteiger partial charge in [-0.15, -0.1) is 0 Å². The topological polar surface area (TPSA) is 74.0 Å². The van der Waals surface area contributed by atoms with E-state index in [1.165, 1.54) is 6.42 Å². The Bertz CT molecular complexity index is 743. The van der Waals surface area contributed by atoms with Gasteiger partial charge in [0.05, 0.1) is 0 Å². The van der Waals surface area contributed by atoms with Crippen molar-refractivity contribution < 1.29 is 9.59 Å². The summed E-state index contributed by atoms with van der Waals surface area (Å²) in [6.45, 7) is 0. The Morgan fingerprint density at radius 2 is 1.82 bits per heavy atom. The highest BCUT2D eigenvalue weighted by molar-refractivity contribution is 6.05. The first kappa shape index (κ1) is 13.4. The minimum atomic E-state index is -0.473. The fraction of sp³-hybridized carbons (Fsp3) is 0.412. The van der Waals surface area contributed by atoms with E-state index in [-0.39, 0.29) is 17.4 Å². The van der Waals surface area contributed by atoms with E-state index < -0.39 is 6.04 Å². The van der Waals surface area contributed by atoms with Crippen LogP contribution in [-0.2, 0) is 10.2 Å². The molecule has 1 aromatic heterocycles. The van der Waals surface area contributed by atoms with E-state index in [0.29, 0.717) is 0 Å². The summed E-state index contributed by atoms with van der Waals surface area (Å²) in [5.41, 5.74) is 1.92. The first-order chi connectivity index (χ1) is 10.7. The second-order valence-electron chi connectivity index (χ2n) is 6.36. The molecule has 1 atom stereocenters. The van der Waals surface area contributed by atoms with Crippen LogP contribution in [0, 0.1) is 0 Å². The van der Waals surface area contributed by atoms with Gasteiger partial charge >= 0.3 is 6.03 Å².